The quantitative estimate of drug-likeness (QED) is 0.845. The van der Waals surface area contributed by atoms with Gasteiger partial charge in [0, 0.05) is 44.3 Å². The summed E-state index contributed by atoms with van der Waals surface area (Å²) in [6.45, 7) is 5.73. The molecule has 1 fully saturated rings. The van der Waals surface area contributed by atoms with Crippen molar-refractivity contribution in [2.24, 2.45) is 5.73 Å². The Bertz CT molecular complexity index is 499. The molecular weight excluding hydrogens is 270 g/mol. The fraction of sp³-hybridized carbons (Fsp3) is 0.533. The molecule has 1 atom stereocenters. The van der Waals surface area contributed by atoms with E-state index in [4.69, 9.17) is 10.5 Å². The van der Waals surface area contributed by atoms with Crippen molar-refractivity contribution in [3.8, 4) is 11.5 Å². The molecule has 1 aromatic carbocycles. The third-order valence-electron chi connectivity index (χ3n) is 3.99. The Morgan fingerprint density at radius 2 is 2.05 bits per heavy atom. The van der Waals surface area contributed by atoms with Crippen LogP contribution in [0.2, 0.25) is 0 Å². The Morgan fingerprint density at radius 3 is 2.57 bits per heavy atom. The predicted molar refractivity (Wildman–Crippen MR) is 80.7 cm³/mol. The first kappa shape index (κ1) is 15.6. The summed E-state index contributed by atoms with van der Waals surface area (Å²) in [6, 6.07) is 5.08. The number of hydrogen-bond donors (Lipinski definition) is 2. The zero-order chi connectivity index (χ0) is 15.4. The van der Waals surface area contributed by atoms with Gasteiger partial charge in [-0.1, -0.05) is 0 Å². The topological polar surface area (TPSA) is 79.0 Å². The molecule has 0 radical (unpaired) electrons. The van der Waals surface area contributed by atoms with Crippen LogP contribution in [0.3, 0.4) is 0 Å². The van der Waals surface area contributed by atoms with Gasteiger partial charge in [-0.15, -0.1) is 0 Å². The highest BCUT2D eigenvalue weighted by Gasteiger charge is 2.24. The van der Waals surface area contributed by atoms with Gasteiger partial charge in [0.1, 0.15) is 0 Å². The van der Waals surface area contributed by atoms with E-state index in [0.29, 0.717) is 37.0 Å². The van der Waals surface area contributed by atoms with E-state index in [-0.39, 0.29) is 11.7 Å². The van der Waals surface area contributed by atoms with E-state index >= 15 is 0 Å². The van der Waals surface area contributed by atoms with Crippen LogP contribution in [-0.4, -0.2) is 66.7 Å². The molecule has 1 unspecified atom stereocenters. The smallest absolute Gasteiger partial charge is 0.254 e. The average Bonchev–Trinajstić information content (AvgIpc) is 2.53. The van der Waals surface area contributed by atoms with Crippen molar-refractivity contribution in [3.63, 3.8) is 0 Å². The third-order valence-corrected chi connectivity index (χ3v) is 3.99. The van der Waals surface area contributed by atoms with Gasteiger partial charge in [0.05, 0.1) is 7.11 Å². The van der Waals surface area contributed by atoms with Crippen LogP contribution in [0.25, 0.3) is 0 Å². The number of piperazine rings is 1. The van der Waals surface area contributed by atoms with E-state index in [2.05, 4.69) is 11.8 Å². The van der Waals surface area contributed by atoms with Gasteiger partial charge in [0.2, 0.25) is 0 Å². The molecular formula is C15H23N3O3. The maximum atomic E-state index is 12.4. The Balaban J connectivity index is 2.00. The van der Waals surface area contributed by atoms with E-state index in [1.165, 1.54) is 13.2 Å². The predicted octanol–water partition coefficient (Wildman–Crippen LogP) is 0.506. The van der Waals surface area contributed by atoms with Crippen molar-refractivity contribution >= 4 is 5.91 Å². The summed E-state index contributed by atoms with van der Waals surface area (Å²) < 4.78 is 4.98. The Morgan fingerprint density at radius 1 is 1.38 bits per heavy atom. The minimum absolute atomic E-state index is 0.0151. The monoisotopic (exact) mass is 293 g/mol. The van der Waals surface area contributed by atoms with Crippen molar-refractivity contribution < 1.29 is 14.6 Å². The Kier molecular flexibility index (Phi) is 5.03. The summed E-state index contributed by atoms with van der Waals surface area (Å²) >= 11 is 0. The summed E-state index contributed by atoms with van der Waals surface area (Å²) in [6.07, 6.45) is 0. The molecule has 0 spiro atoms. The lowest BCUT2D eigenvalue weighted by Crippen LogP contribution is -2.52. The number of nitrogens with zero attached hydrogens (tertiary/aromatic N) is 2. The number of phenolic OH excluding ortho intramolecular Hbond substituents is 1. The van der Waals surface area contributed by atoms with Gasteiger partial charge < -0.3 is 20.5 Å². The number of amides is 1. The standard InChI is InChI=1S/C15H23N3O3/c1-11(10-16)17-5-7-18(8-6-17)15(20)12-3-4-14(21-2)13(19)9-12/h3-4,9,11,19H,5-8,10,16H2,1-2H3. The minimum atomic E-state index is -0.0620. The molecule has 0 bridgehead atoms. The van der Waals surface area contributed by atoms with Crippen molar-refractivity contribution in [2.75, 3.05) is 39.8 Å². The zero-order valence-corrected chi connectivity index (χ0v) is 12.6. The first-order chi connectivity index (χ1) is 10.1. The molecule has 0 aliphatic carbocycles. The normalized spacial score (nSPS) is 17.6. The fourth-order valence-electron chi connectivity index (χ4n) is 2.52. The number of aromatic hydroxyl groups is 1. The maximum absolute atomic E-state index is 12.4. The zero-order valence-electron chi connectivity index (χ0n) is 12.6. The highest BCUT2D eigenvalue weighted by molar-refractivity contribution is 5.95. The van der Waals surface area contributed by atoms with Crippen molar-refractivity contribution in [1.29, 1.82) is 0 Å². The largest absolute Gasteiger partial charge is 0.504 e. The van der Waals surface area contributed by atoms with E-state index in [1.807, 2.05) is 0 Å². The molecule has 1 heterocycles. The van der Waals surface area contributed by atoms with Crippen LogP contribution in [0.1, 0.15) is 17.3 Å². The van der Waals surface area contributed by atoms with Crippen LogP contribution in [-0.2, 0) is 0 Å². The molecule has 2 rings (SSSR count). The molecule has 1 amide bonds. The van der Waals surface area contributed by atoms with E-state index in [0.717, 1.165) is 13.1 Å². The molecule has 1 aromatic rings. The lowest BCUT2D eigenvalue weighted by molar-refractivity contribution is 0.0588. The van der Waals surface area contributed by atoms with Gasteiger partial charge >= 0.3 is 0 Å². The first-order valence-corrected chi connectivity index (χ1v) is 7.17. The Hall–Kier alpha value is -1.79. The molecule has 3 N–H and O–H groups in total. The molecule has 6 nitrogen and oxygen atoms in total. The first-order valence-electron chi connectivity index (χ1n) is 7.17. The third kappa shape index (κ3) is 3.46. The fourth-order valence-corrected chi connectivity index (χ4v) is 2.52. The number of phenols is 1. The van der Waals surface area contributed by atoms with Gasteiger partial charge in [-0.3, -0.25) is 9.69 Å². The van der Waals surface area contributed by atoms with Crippen LogP contribution in [0.15, 0.2) is 18.2 Å². The number of benzene rings is 1. The van der Waals surface area contributed by atoms with E-state index < -0.39 is 0 Å². The molecule has 1 aliphatic heterocycles. The van der Waals surface area contributed by atoms with Crippen LogP contribution < -0.4 is 10.5 Å². The highest BCUT2D eigenvalue weighted by Crippen LogP contribution is 2.26. The summed E-state index contributed by atoms with van der Waals surface area (Å²) in [5.41, 5.74) is 6.15. The highest BCUT2D eigenvalue weighted by atomic mass is 16.5. The summed E-state index contributed by atoms with van der Waals surface area (Å²) in [4.78, 5) is 16.5. The Labute approximate surface area is 125 Å². The van der Waals surface area contributed by atoms with Gasteiger partial charge in [-0.25, -0.2) is 0 Å². The summed E-state index contributed by atoms with van der Waals surface area (Å²) in [5.74, 6) is 0.292. The van der Waals surface area contributed by atoms with Crippen LogP contribution in [0.4, 0.5) is 0 Å². The lowest BCUT2D eigenvalue weighted by Gasteiger charge is -2.37. The molecule has 116 valence electrons. The van der Waals surface area contributed by atoms with Gasteiger partial charge in [-0.05, 0) is 25.1 Å². The average molecular weight is 293 g/mol. The molecule has 0 aromatic heterocycles. The van der Waals surface area contributed by atoms with E-state index in [9.17, 15) is 9.90 Å². The van der Waals surface area contributed by atoms with Crippen molar-refractivity contribution in [1.82, 2.24) is 9.80 Å². The number of carbonyl (C=O) groups is 1. The molecule has 21 heavy (non-hydrogen) atoms. The van der Waals surface area contributed by atoms with Crippen LogP contribution in [0.5, 0.6) is 11.5 Å². The second-order valence-corrected chi connectivity index (χ2v) is 5.30. The van der Waals surface area contributed by atoms with Crippen LogP contribution in [0, 0.1) is 0 Å². The number of carbonyl (C=O) groups excluding carboxylic acids is 1. The lowest BCUT2D eigenvalue weighted by atomic mass is 10.1. The summed E-state index contributed by atoms with van der Waals surface area (Å²) in [7, 11) is 1.48. The maximum Gasteiger partial charge on any atom is 0.254 e. The molecule has 6 heteroatoms. The summed E-state index contributed by atoms with van der Waals surface area (Å²) in [5, 5.41) is 9.77. The van der Waals surface area contributed by atoms with Crippen molar-refractivity contribution in [3.05, 3.63) is 23.8 Å². The van der Waals surface area contributed by atoms with Gasteiger partial charge in [0.25, 0.3) is 5.91 Å². The molecule has 0 saturated carbocycles. The van der Waals surface area contributed by atoms with Gasteiger partial charge in [-0.2, -0.15) is 0 Å². The van der Waals surface area contributed by atoms with Gasteiger partial charge in [0.15, 0.2) is 11.5 Å². The number of hydrogen-bond acceptors (Lipinski definition) is 5. The second kappa shape index (κ2) is 6.78. The van der Waals surface area contributed by atoms with Crippen molar-refractivity contribution in [2.45, 2.75) is 13.0 Å². The molecule has 1 aliphatic rings. The minimum Gasteiger partial charge on any atom is -0.504 e. The number of nitrogens with two attached hydrogens (primary N) is 1. The second-order valence-electron chi connectivity index (χ2n) is 5.30. The number of rotatable bonds is 4. The van der Waals surface area contributed by atoms with E-state index in [1.54, 1.807) is 17.0 Å². The SMILES string of the molecule is COc1ccc(C(=O)N2CCN(C(C)CN)CC2)cc1O. The molecule has 1 saturated heterocycles. The number of methoxy groups -OCH3 is 1. The number of ether oxygens (including phenoxy) is 1. The van der Waals surface area contributed by atoms with Crippen LogP contribution >= 0.6 is 0 Å².